The van der Waals surface area contributed by atoms with Crippen LogP contribution >= 0.6 is 0 Å². The van der Waals surface area contributed by atoms with Gasteiger partial charge in [0.05, 0.1) is 23.0 Å². The summed E-state index contributed by atoms with van der Waals surface area (Å²) in [5.74, 6) is 1.51. The Morgan fingerprint density at radius 2 is 0.667 bits per heavy atom. The molecule has 0 spiro atoms. The molecular weight excluding hydrogens is 360 g/mol. The second kappa shape index (κ2) is 8.63. The minimum atomic E-state index is 0.164. The molecule has 0 atom stereocenters. The molecule has 0 heterocycles. The molecule has 30 heavy (non-hydrogen) atoms. The van der Waals surface area contributed by atoms with Crippen LogP contribution in [0.2, 0.25) is 0 Å². The molecule has 0 unspecified atom stereocenters. The van der Waals surface area contributed by atoms with Gasteiger partial charge in [0.2, 0.25) is 0 Å². The molecule has 0 nitrogen and oxygen atoms in total. The third-order valence-electron chi connectivity index (χ3n) is 5.84. The Kier molecular flexibility index (Phi) is 5.77. The van der Waals surface area contributed by atoms with E-state index >= 15 is 0 Å². The zero-order valence-electron chi connectivity index (χ0n) is 18.3. The fraction of sp³-hybridized carbons (Fsp3) is 0.167. The fourth-order valence-corrected chi connectivity index (χ4v) is 4.01. The van der Waals surface area contributed by atoms with Gasteiger partial charge in [0.25, 0.3) is 0 Å². The van der Waals surface area contributed by atoms with Gasteiger partial charge in [0.15, 0.2) is 0 Å². The van der Waals surface area contributed by atoms with E-state index in [0.29, 0.717) is 0 Å². The molecule has 0 amide bonds. The van der Waals surface area contributed by atoms with E-state index in [4.69, 9.17) is 0 Å². The smallest absolute Gasteiger partial charge is 0.0590 e. The Bertz CT molecular complexity index is 899. The van der Waals surface area contributed by atoms with Crippen LogP contribution in [0.5, 0.6) is 0 Å². The predicted molar refractivity (Wildman–Crippen MR) is 128 cm³/mol. The van der Waals surface area contributed by atoms with Crippen LogP contribution in [0, 0.1) is 33.6 Å². The lowest BCUT2D eigenvalue weighted by molar-refractivity contribution is 0.867. The second-order valence-electron chi connectivity index (χ2n) is 8.40. The molecule has 0 saturated carbocycles. The summed E-state index contributed by atoms with van der Waals surface area (Å²) in [6.45, 7) is 8.59. The van der Waals surface area contributed by atoms with E-state index in [0.717, 1.165) is 0 Å². The van der Waals surface area contributed by atoms with Crippen LogP contribution in [-0.4, -0.2) is 0 Å². The van der Waals surface area contributed by atoms with E-state index in [-0.39, 0.29) is 5.92 Å². The lowest BCUT2D eigenvalue weighted by Gasteiger charge is -2.25. The highest BCUT2D eigenvalue weighted by Gasteiger charge is 2.33. The van der Waals surface area contributed by atoms with E-state index in [1.54, 1.807) is 0 Å². The van der Waals surface area contributed by atoms with E-state index in [2.05, 4.69) is 125 Å². The Balaban J connectivity index is 1.93. The van der Waals surface area contributed by atoms with Crippen LogP contribution in [0.4, 0.5) is 0 Å². The molecule has 0 bridgehead atoms. The summed E-state index contributed by atoms with van der Waals surface area (Å²) in [4.78, 5) is 0. The monoisotopic (exact) mass is 389 g/mol. The summed E-state index contributed by atoms with van der Waals surface area (Å²) in [5.41, 5.74) is 10.3. The molecular formula is C30H29+. The summed E-state index contributed by atoms with van der Waals surface area (Å²) in [6.07, 6.45) is 0. The maximum absolute atomic E-state index is 2.28. The van der Waals surface area contributed by atoms with Gasteiger partial charge in [0, 0.05) is 24.3 Å². The zero-order chi connectivity index (χ0) is 21.1. The Hall–Kier alpha value is -3.25. The van der Waals surface area contributed by atoms with Gasteiger partial charge >= 0.3 is 0 Å². The van der Waals surface area contributed by atoms with E-state index in [1.165, 1.54) is 50.4 Å². The number of rotatable bonds is 5. The molecule has 0 aliphatic rings. The zero-order valence-corrected chi connectivity index (χ0v) is 18.3. The van der Waals surface area contributed by atoms with Crippen LogP contribution in [0.15, 0.2) is 97.1 Å². The summed E-state index contributed by atoms with van der Waals surface area (Å²) in [5, 5.41) is 0. The van der Waals surface area contributed by atoms with Gasteiger partial charge in [-0.2, -0.15) is 0 Å². The first kappa shape index (κ1) is 20.0. The highest BCUT2D eigenvalue weighted by Crippen LogP contribution is 2.42. The van der Waals surface area contributed by atoms with E-state index < -0.39 is 0 Å². The molecule has 0 heteroatoms. The second-order valence-corrected chi connectivity index (χ2v) is 8.40. The fourth-order valence-electron chi connectivity index (χ4n) is 4.01. The molecule has 0 saturated heterocycles. The van der Waals surface area contributed by atoms with Gasteiger partial charge in [-0.15, -0.1) is 0 Å². The summed E-state index contributed by atoms with van der Waals surface area (Å²) in [6, 6.07) is 35.9. The molecule has 0 aliphatic carbocycles. The molecule has 0 fully saturated rings. The van der Waals surface area contributed by atoms with Gasteiger partial charge < -0.3 is 0 Å². The molecule has 0 aliphatic heterocycles. The van der Waals surface area contributed by atoms with Gasteiger partial charge in [0.1, 0.15) is 0 Å². The average Bonchev–Trinajstić information content (AvgIpc) is 2.75. The molecule has 0 radical (unpaired) electrons. The van der Waals surface area contributed by atoms with Crippen molar-refractivity contribution >= 4 is 0 Å². The van der Waals surface area contributed by atoms with Gasteiger partial charge in [-0.1, -0.05) is 59.7 Å². The van der Waals surface area contributed by atoms with Crippen LogP contribution in [0.25, 0.3) is 0 Å². The third-order valence-corrected chi connectivity index (χ3v) is 5.84. The number of aryl methyl sites for hydroxylation is 4. The lowest BCUT2D eigenvalue weighted by atomic mass is 9.73. The SMILES string of the molecule is Cc1ccc([C+](c2ccc(C)cc2)C(c2ccc(C)cc2)c2ccc(C)cc2)cc1. The van der Waals surface area contributed by atoms with E-state index in [1.807, 2.05) is 0 Å². The number of hydrogen-bond acceptors (Lipinski definition) is 0. The summed E-state index contributed by atoms with van der Waals surface area (Å²) < 4.78 is 0. The standard InChI is InChI=1S/C30H29/c1-21-5-13-25(14-6-21)29(26-15-7-22(2)8-16-26)30(27-17-9-23(3)10-18-27)28-19-11-24(4)12-20-28/h5-20,29H,1-4H3/q+1. The quantitative estimate of drug-likeness (QED) is 0.306. The van der Waals surface area contributed by atoms with Crippen LogP contribution in [0.1, 0.15) is 50.4 Å². The van der Waals surface area contributed by atoms with Crippen LogP contribution in [0.3, 0.4) is 0 Å². The van der Waals surface area contributed by atoms with E-state index in [9.17, 15) is 0 Å². The summed E-state index contributed by atoms with van der Waals surface area (Å²) >= 11 is 0. The first-order valence-corrected chi connectivity index (χ1v) is 10.7. The Morgan fingerprint density at radius 1 is 0.400 bits per heavy atom. The molecule has 4 aromatic carbocycles. The molecule has 148 valence electrons. The Morgan fingerprint density at radius 3 is 0.967 bits per heavy atom. The van der Waals surface area contributed by atoms with Crippen molar-refractivity contribution in [3.8, 4) is 0 Å². The Labute approximate surface area is 181 Å². The van der Waals surface area contributed by atoms with Crippen LogP contribution < -0.4 is 0 Å². The minimum Gasteiger partial charge on any atom is -0.0590 e. The van der Waals surface area contributed by atoms with Gasteiger partial charge in [-0.05, 0) is 74.2 Å². The van der Waals surface area contributed by atoms with Crippen molar-refractivity contribution in [2.24, 2.45) is 0 Å². The third kappa shape index (κ3) is 4.33. The first-order valence-electron chi connectivity index (χ1n) is 10.7. The number of hydrogen-bond donors (Lipinski definition) is 0. The first-order chi connectivity index (χ1) is 14.5. The lowest BCUT2D eigenvalue weighted by Crippen LogP contribution is -2.16. The van der Waals surface area contributed by atoms with Crippen molar-refractivity contribution in [3.05, 3.63) is 147 Å². The maximum Gasteiger partial charge on any atom is 0.0766 e. The predicted octanol–water partition coefficient (Wildman–Crippen LogP) is 7.72. The maximum atomic E-state index is 2.28. The average molecular weight is 390 g/mol. The normalized spacial score (nSPS) is 11.0. The largest absolute Gasteiger partial charge is 0.0766 e. The van der Waals surface area contributed by atoms with Crippen molar-refractivity contribution in [1.82, 2.24) is 0 Å². The number of benzene rings is 4. The van der Waals surface area contributed by atoms with Crippen LogP contribution in [-0.2, 0) is 0 Å². The van der Waals surface area contributed by atoms with Crippen molar-refractivity contribution in [3.63, 3.8) is 0 Å². The van der Waals surface area contributed by atoms with Gasteiger partial charge in [-0.25, -0.2) is 0 Å². The topological polar surface area (TPSA) is 0 Å². The molecule has 4 rings (SSSR count). The van der Waals surface area contributed by atoms with Crippen molar-refractivity contribution in [2.75, 3.05) is 0 Å². The highest BCUT2D eigenvalue weighted by molar-refractivity contribution is 5.56. The van der Waals surface area contributed by atoms with Gasteiger partial charge in [-0.3, -0.25) is 0 Å². The summed E-state index contributed by atoms with van der Waals surface area (Å²) in [7, 11) is 0. The highest BCUT2D eigenvalue weighted by atomic mass is 14.3. The van der Waals surface area contributed by atoms with Crippen molar-refractivity contribution < 1.29 is 0 Å². The van der Waals surface area contributed by atoms with Crippen molar-refractivity contribution in [2.45, 2.75) is 33.6 Å². The molecule has 0 N–H and O–H groups in total. The molecule has 4 aromatic rings. The molecule has 0 aromatic heterocycles. The minimum absolute atomic E-state index is 0.164. The van der Waals surface area contributed by atoms with Crippen molar-refractivity contribution in [1.29, 1.82) is 0 Å².